The zero-order chi connectivity index (χ0) is 14.6. The molecule has 4 nitrogen and oxygen atoms in total. The van der Waals surface area contributed by atoms with E-state index in [9.17, 15) is 5.26 Å². The molecule has 102 valence electrons. The molecule has 20 heavy (non-hydrogen) atoms. The molecule has 0 fully saturated rings. The Hall–Kier alpha value is -1.90. The minimum atomic E-state index is -1.03. The smallest absolute Gasteiger partial charge is 0.188 e. The third-order valence-electron chi connectivity index (χ3n) is 2.88. The number of nitrogens with two attached hydrogens (primary N) is 1. The molecular formula is C15H16N4S. The van der Waals surface area contributed by atoms with Gasteiger partial charge in [0.15, 0.2) is 5.16 Å². The van der Waals surface area contributed by atoms with Crippen LogP contribution < -0.4 is 5.73 Å². The molecule has 2 rings (SSSR count). The molecule has 0 amide bonds. The minimum absolute atomic E-state index is 0.413. The van der Waals surface area contributed by atoms with Crippen LogP contribution in [0.15, 0.2) is 41.6 Å². The topological polar surface area (TPSA) is 75.6 Å². The van der Waals surface area contributed by atoms with Gasteiger partial charge in [0.05, 0.1) is 6.07 Å². The number of rotatable bonds is 4. The zero-order valence-corrected chi connectivity index (χ0v) is 12.3. The SMILES string of the molecule is Cc1cc(C)nc(SCC(N)(C#N)c2ccccc2)n1. The lowest BCUT2D eigenvalue weighted by Crippen LogP contribution is -2.37. The lowest BCUT2D eigenvalue weighted by atomic mass is 9.95. The maximum absolute atomic E-state index is 9.40. The molecule has 1 atom stereocenters. The first-order valence-electron chi connectivity index (χ1n) is 6.24. The second-order valence-corrected chi connectivity index (χ2v) is 5.61. The van der Waals surface area contributed by atoms with Gasteiger partial charge in [-0.15, -0.1) is 0 Å². The van der Waals surface area contributed by atoms with Crippen LogP contribution in [0.2, 0.25) is 0 Å². The minimum Gasteiger partial charge on any atom is -0.309 e. The van der Waals surface area contributed by atoms with Crippen LogP contribution in [0.5, 0.6) is 0 Å². The normalized spacial score (nSPS) is 13.5. The fraction of sp³-hybridized carbons (Fsp3) is 0.267. The van der Waals surface area contributed by atoms with Crippen molar-refractivity contribution < 1.29 is 0 Å². The highest BCUT2D eigenvalue weighted by Gasteiger charge is 2.27. The Kier molecular flexibility index (Phi) is 4.38. The Morgan fingerprint density at radius 3 is 2.35 bits per heavy atom. The van der Waals surface area contributed by atoms with Gasteiger partial charge in [-0.3, -0.25) is 0 Å². The molecule has 0 radical (unpaired) electrons. The van der Waals surface area contributed by atoms with Crippen LogP contribution in [0.4, 0.5) is 0 Å². The summed E-state index contributed by atoms with van der Waals surface area (Å²) < 4.78 is 0. The van der Waals surface area contributed by atoms with E-state index in [1.807, 2.05) is 50.2 Å². The van der Waals surface area contributed by atoms with Crippen molar-refractivity contribution in [3.05, 3.63) is 53.3 Å². The highest BCUT2D eigenvalue weighted by atomic mass is 32.2. The van der Waals surface area contributed by atoms with Crippen molar-refractivity contribution in [1.82, 2.24) is 9.97 Å². The fourth-order valence-electron chi connectivity index (χ4n) is 1.85. The van der Waals surface area contributed by atoms with E-state index in [-0.39, 0.29) is 0 Å². The first-order chi connectivity index (χ1) is 9.53. The molecule has 0 aliphatic carbocycles. The third kappa shape index (κ3) is 3.35. The summed E-state index contributed by atoms with van der Waals surface area (Å²) in [4.78, 5) is 8.70. The number of aryl methyl sites for hydroxylation is 2. The molecule has 1 aromatic heterocycles. The average Bonchev–Trinajstić information content (AvgIpc) is 2.45. The number of hydrogen-bond acceptors (Lipinski definition) is 5. The second-order valence-electron chi connectivity index (χ2n) is 4.67. The van der Waals surface area contributed by atoms with Gasteiger partial charge >= 0.3 is 0 Å². The van der Waals surface area contributed by atoms with Crippen LogP contribution in [-0.2, 0) is 5.54 Å². The summed E-state index contributed by atoms with van der Waals surface area (Å²) in [5, 5.41) is 10.1. The van der Waals surface area contributed by atoms with E-state index in [4.69, 9.17) is 5.73 Å². The number of thioether (sulfide) groups is 1. The third-order valence-corrected chi connectivity index (χ3v) is 3.92. The van der Waals surface area contributed by atoms with Crippen molar-refractivity contribution >= 4 is 11.8 Å². The van der Waals surface area contributed by atoms with Gasteiger partial charge in [0.25, 0.3) is 0 Å². The summed E-state index contributed by atoms with van der Waals surface area (Å²) in [5.41, 5.74) is 7.81. The molecule has 0 aliphatic rings. The molecule has 2 aromatic rings. The molecule has 0 saturated carbocycles. The maximum Gasteiger partial charge on any atom is 0.188 e. The van der Waals surface area contributed by atoms with Crippen LogP contribution in [0.25, 0.3) is 0 Å². The molecule has 0 saturated heterocycles. The molecule has 1 heterocycles. The van der Waals surface area contributed by atoms with E-state index >= 15 is 0 Å². The molecule has 0 aliphatic heterocycles. The van der Waals surface area contributed by atoms with Crippen molar-refractivity contribution in [3.63, 3.8) is 0 Å². The lowest BCUT2D eigenvalue weighted by Gasteiger charge is -2.21. The van der Waals surface area contributed by atoms with E-state index < -0.39 is 5.54 Å². The Balaban J connectivity index is 2.17. The van der Waals surface area contributed by atoms with Gasteiger partial charge in [0.2, 0.25) is 0 Å². The van der Waals surface area contributed by atoms with Crippen molar-refractivity contribution in [3.8, 4) is 6.07 Å². The lowest BCUT2D eigenvalue weighted by molar-refractivity contribution is 0.657. The number of nitrogens with zero attached hydrogens (tertiary/aromatic N) is 3. The van der Waals surface area contributed by atoms with Gasteiger partial charge < -0.3 is 5.73 Å². The quantitative estimate of drug-likeness (QED) is 0.690. The maximum atomic E-state index is 9.40. The summed E-state index contributed by atoms with van der Waals surface area (Å²) in [5.74, 6) is 0.413. The van der Waals surface area contributed by atoms with E-state index in [0.29, 0.717) is 10.9 Å². The van der Waals surface area contributed by atoms with Crippen LogP contribution in [0.1, 0.15) is 17.0 Å². The number of aromatic nitrogens is 2. The van der Waals surface area contributed by atoms with E-state index in [1.54, 1.807) is 0 Å². The van der Waals surface area contributed by atoms with Crippen molar-refractivity contribution in [2.75, 3.05) is 5.75 Å². The van der Waals surface area contributed by atoms with Crippen molar-refractivity contribution in [2.45, 2.75) is 24.5 Å². The van der Waals surface area contributed by atoms with Gasteiger partial charge in [-0.05, 0) is 25.5 Å². The fourth-order valence-corrected chi connectivity index (χ4v) is 2.86. The second kappa shape index (κ2) is 6.04. The summed E-state index contributed by atoms with van der Waals surface area (Å²) >= 11 is 1.41. The van der Waals surface area contributed by atoms with Crippen LogP contribution in [0.3, 0.4) is 0 Å². The highest BCUT2D eigenvalue weighted by molar-refractivity contribution is 7.99. The van der Waals surface area contributed by atoms with Gasteiger partial charge in [0.1, 0.15) is 5.54 Å². The van der Waals surface area contributed by atoms with Gasteiger partial charge in [-0.2, -0.15) is 5.26 Å². The molecule has 5 heteroatoms. The number of nitriles is 1. The van der Waals surface area contributed by atoms with Crippen LogP contribution in [0, 0.1) is 25.2 Å². The van der Waals surface area contributed by atoms with Gasteiger partial charge in [-0.1, -0.05) is 42.1 Å². The summed E-state index contributed by atoms with van der Waals surface area (Å²) in [6.07, 6.45) is 0. The Bertz CT molecular complexity index is 616. The summed E-state index contributed by atoms with van der Waals surface area (Å²) in [7, 11) is 0. The number of benzene rings is 1. The first-order valence-corrected chi connectivity index (χ1v) is 7.23. The molecule has 0 bridgehead atoms. The highest BCUT2D eigenvalue weighted by Crippen LogP contribution is 2.25. The van der Waals surface area contributed by atoms with E-state index in [2.05, 4.69) is 16.0 Å². The zero-order valence-electron chi connectivity index (χ0n) is 11.5. The Labute approximate surface area is 123 Å². The molecule has 1 aromatic carbocycles. The average molecular weight is 284 g/mol. The van der Waals surface area contributed by atoms with Crippen LogP contribution >= 0.6 is 11.8 Å². The van der Waals surface area contributed by atoms with Crippen molar-refractivity contribution in [1.29, 1.82) is 5.26 Å². The largest absolute Gasteiger partial charge is 0.309 e. The Morgan fingerprint density at radius 1 is 1.20 bits per heavy atom. The Morgan fingerprint density at radius 2 is 1.80 bits per heavy atom. The van der Waals surface area contributed by atoms with E-state index in [1.165, 1.54) is 11.8 Å². The predicted octanol–water partition coefficient (Wildman–Crippen LogP) is 2.56. The monoisotopic (exact) mass is 284 g/mol. The molecule has 2 N–H and O–H groups in total. The van der Waals surface area contributed by atoms with Gasteiger partial charge in [-0.25, -0.2) is 9.97 Å². The summed E-state index contributed by atoms with van der Waals surface area (Å²) in [6.45, 7) is 3.85. The molecule has 1 unspecified atom stereocenters. The first kappa shape index (κ1) is 14.5. The number of hydrogen-bond donors (Lipinski definition) is 1. The summed E-state index contributed by atoms with van der Waals surface area (Å²) in [6, 6.07) is 13.5. The standard InChI is InChI=1S/C15H16N4S/c1-11-8-12(2)19-14(18-11)20-10-15(17,9-16)13-6-4-3-5-7-13/h3-8H,10,17H2,1-2H3. The van der Waals surface area contributed by atoms with Gasteiger partial charge in [0, 0.05) is 17.1 Å². The van der Waals surface area contributed by atoms with Crippen LogP contribution in [-0.4, -0.2) is 15.7 Å². The molecular weight excluding hydrogens is 268 g/mol. The van der Waals surface area contributed by atoms with E-state index in [0.717, 1.165) is 17.0 Å². The predicted molar refractivity (Wildman–Crippen MR) is 80.2 cm³/mol. The van der Waals surface area contributed by atoms with Crippen molar-refractivity contribution in [2.24, 2.45) is 5.73 Å². The molecule has 0 spiro atoms.